The first-order valence-electron chi connectivity index (χ1n) is 7.09. The predicted molar refractivity (Wildman–Crippen MR) is 89.6 cm³/mol. The molecule has 0 saturated carbocycles. The van der Waals surface area contributed by atoms with Crippen LogP contribution in [0.5, 0.6) is 0 Å². The van der Waals surface area contributed by atoms with Gasteiger partial charge in [0.2, 0.25) is 0 Å². The molecule has 0 aliphatic rings. The third-order valence-corrected chi connectivity index (χ3v) is 3.77. The summed E-state index contributed by atoms with van der Waals surface area (Å²) in [5, 5.41) is 3.31. The average molecular weight is 370 g/mol. The fraction of sp³-hybridized carbons (Fsp3) is 0.176. The summed E-state index contributed by atoms with van der Waals surface area (Å²) in [5.74, 6) is -1.42. The predicted octanol–water partition coefficient (Wildman–Crippen LogP) is 4.00. The molecular formula is C17H14Cl2FNO3. The van der Waals surface area contributed by atoms with Crippen molar-refractivity contribution in [1.82, 2.24) is 5.32 Å². The highest BCUT2D eigenvalue weighted by atomic mass is 35.5. The monoisotopic (exact) mass is 369 g/mol. The Bertz CT molecular complexity index is 715. The van der Waals surface area contributed by atoms with E-state index in [1.54, 1.807) is 24.3 Å². The van der Waals surface area contributed by atoms with Gasteiger partial charge in [-0.3, -0.25) is 9.59 Å². The van der Waals surface area contributed by atoms with E-state index in [9.17, 15) is 14.0 Å². The van der Waals surface area contributed by atoms with Gasteiger partial charge in [0.05, 0.1) is 11.4 Å². The van der Waals surface area contributed by atoms with E-state index < -0.39 is 11.8 Å². The van der Waals surface area contributed by atoms with Gasteiger partial charge in [0.25, 0.3) is 5.91 Å². The molecule has 2 aromatic rings. The molecule has 0 aliphatic carbocycles. The van der Waals surface area contributed by atoms with E-state index in [2.05, 4.69) is 5.32 Å². The van der Waals surface area contributed by atoms with Crippen molar-refractivity contribution >= 4 is 35.1 Å². The molecule has 0 radical (unpaired) electrons. The average Bonchev–Trinajstić information content (AvgIpc) is 2.55. The van der Waals surface area contributed by atoms with Gasteiger partial charge in [-0.25, -0.2) is 4.39 Å². The number of ether oxygens (including phenoxy) is 1. The van der Waals surface area contributed by atoms with Gasteiger partial charge in [0.1, 0.15) is 12.4 Å². The van der Waals surface area contributed by atoms with Gasteiger partial charge in [-0.1, -0.05) is 29.3 Å². The second kappa shape index (κ2) is 8.66. The van der Waals surface area contributed by atoms with E-state index >= 15 is 0 Å². The van der Waals surface area contributed by atoms with Gasteiger partial charge in [-0.15, -0.1) is 0 Å². The van der Waals surface area contributed by atoms with Crippen molar-refractivity contribution in [2.24, 2.45) is 0 Å². The highest BCUT2D eigenvalue weighted by Gasteiger charge is 2.11. The standard InChI is InChI=1S/C17H14Cl2FNO3/c18-12-6-4-11(5-7-12)17(23)21-9-8-16(22)24-10-13-14(19)2-1-3-15(13)20/h1-7H,8-10H2,(H,21,23). The molecule has 0 bridgehead atoms. The minimum atomic E-state index is -0.564. The molecule has 0 fully saturated rings. The van der Waals surface area contributed by atoms with Crippen molar-refractivity contribution in [3.8, 4) is 0 Å². The van der Waals surface area contributed by atoms with Crippen LogP contribution < -0.4 is 5.32 Å². The molecule has 1 N–H and O–H groups in total. The molecule has 2 rings (SSSR count). The van der Waals surface area contributed by atoms with Gasteiger partial charge in [0, 0.05) is 22.7 Å². The van der Waals surface area contributed by atoms with E-state index in [0.29, 0.717) is 10.6 Å². The number of nitrogens with one attached hydrogen (secondary N) is 1. The number of hydrogen-bond donors (Lipinski definition) is 1. The van der Waals surface area contributed by atoms with Gasteiger partial charge in [-0.05, 0) is 36.4 Å². The quantitative estimate of drug-likeness (QED) is 0.783. The topological polar surface area (TPSA) is 55.4 Å². The highest BCUT2D eigenvalue weighted by molar-refractivity contribution is 6.31. The van der Waals surface area contributed by atoms with Gasteiger partial charge in [0.15, 0.2) is 0 Å². The molecule has 0 aliphatic heterocycles. The van der Waals surface area contributed by atoms with Crippen molar-refractivity contribution in [2.45, 2.75) is 13.0 Å². The third kappa shape index (κ3) is 5.22. The summed E-state index contributed by atoms with van der Waals surface area (Å²) in [5.41, 5.74) is 0.559. The van der Waals surface area contributed by atoms with Crippen molar-refractivity contribution in [1.29, 1.82) is 0 Å². The Morgan fingerprint density at radius 1 is 1.08 bits per heavy atom. The van der Waals surface area contributed by atoms with Crippen LogP contribution in [0.4, 0.5) is 4.39 Å². The largest absolute Gasteiger partial charge is 0.461 e. The molecule has 1 amide bonds. The lowest BCUT2D eigenvalue weighted by Crippen LogP contribution is -2.26. The maximum atomic E-state index is 13.5. The number of halogens is 3. The molecule has 24 heavy (non-hydrogen) atoms. The lowest BCUT2D eigenvalue weighted by molar-refractivity contribution is -0.144. The SMILES string of the molecule is O=C(CCNC(=O)c1ccc(Cl)cc1)OCc1c(F)cccc1Cl. The molecule has 0 saturated heterocycles. The molecule has 4 nitrogen and oxygen atoms in total. The third-order valence-electron chi connectivity index (χ3n) is 3.16. The number of carbonyl (C=O) groups excluding carboxylic acids is 2. The van der Waals surface area contributed by atoms with Crippen molar-refractivity contribution in [3.05, 3.63) is 69.5 Å². The van der Waals surface area contributed by atoms with Crippen LogP contribution in [-0.2, 0) is 16.1 Å². The van der Waals surface area contributed by atoms with Crippen LogP contribution in [0.25, 0.3) is 0 Å². The zero-order valence-electron chi connectivity index (χ0n) is 12.5. The molecule has 126 valence electrons. The molecular weight excluding hydrogens is 356 g/mol. The van der Waals surface area contributed by atoms with Crippen LogP contribution in [0.2, 0.25) is 10.0 Å². The summed E-state index contributed by atoms with van der Waals surface area (Å²) in [6.45, 7) is -0.152. The summed E-state index contributed by atoms with van der Waals surface area (Å²) < 4.78 is 18.5. The highest BCUT2D eigenvalue weighted by Crippen LogP contribution is 2.19. The van der Waals surface area contributed by atoms with Crippen molar-refractivity contribution in [2.75, 3.05) is 6.54 Å². The number of amides is 1. The Morgan fingerprint density at radius 2 is 1.79 bits per heavy atom. The molecule has 0 aromatic heterocycles. The fourth-order valence-electron chi connectivity index (χ4n) is 1.88. The van der Waals surface area contributed by atoms with Crippen LogP contribution in [0.3, 0.4) is 0 Å². The van der Waals surface area contributed by atoms with E-state index in [1.807, 2.05) is 0 Å². The second-order valence-corrected chi connectivity index (χ2v) is 5.72. The first-order chi connectivity index (χ1) is 11.5. The molecule has 2 aromatic carbocycles. The molecule has 0 atom stereocenters. The second-order valence-electron chi connectivity index (χ2n) is 4.87. The van der Waals surface area contributed by atoms with Gasteiger partial charge >= 0.3 is 5.97 Å². The van der Waals surface area contributed by atoms with E-state index in [0.717, 1.165) is 0 Å². The summed E-state index contributed by atoms with van der Waals surface area (Å²) in [6, 6.07) is 10.6. The normalized spacial score (nSPS) is 10.3. The number of hydrogen-bond acceptors (Lipinski definition) is 3. The summed E-state index contributed by atoms with van der Waals surface area (Å²) in [4.78, 5) is 23.5. The van der Waals surface area contributed by atoms with Gasteiger partial charge < -0.3 is 10.1 Å². The van der Waals surface area contributed by atoms with Crippen LogP contribution in [0, 0.1) is 5.82 Å². The summed E-state index contributed by atoms with van der Waals surface area (Å²) in [6.07, 6.45) is -0.0363. The molecule has 0 spiro atoms. The van der Waals surface area contributed by atoms with Crippen LogP contribution in [0.15, 0.2) is 42.5 Å². The first-order valence-corrected chi connectivity index (χ1v) is 7.85. The number of benzene rings is 2. The van der Waals surface area contributed by atoms with E-state index in [-0.39, 0.29) is 36.1 Å². The lowest BCUT2D eigenvalue weighted by Gasteiger charge is -2.08. The Labute approximate surface area is 148 Å². The van der Waals surface area contributed by atoms with Crippen LogP contribution in [0.1, 0.15) is 22.3 Å². The Hall–Kier alpha value is -2.11. The number of esters is 1. The van der Waals surface area contributed by atoms with E-state index in [4.69, 9.17) is 27.9 Å². The summed E-state index contributed by atoms with van der Waals surface area (Å²) in [7, 11) is 0. The molecule has 7 heteroatoms. The van der Waals surface area contributed by atoms with Crippen molar-refractivity contribution < 1.29 is 18.7 Å². The van der Waals surface area contributed by atoms with E-state index in [1.165, 1.54) is 18.2 Å². The summed E-state index contributed by atoms with van der Waals surface area (Å²) >= 11 is 11.6. The number of rotatable bonds is 6. The minimum absolute atomic E-state index is 0.0363. The maximum absolute atomic E-state index is 13.5. The van der Waals surface area contributed by atoms with Crippen molar-refractivity contribution in [3.63, 3.8) is 0 Å². The zero-order chi connectivity index (χ0) is 17.5. The molecule has 0 unspecified atom stereocenters. The maximum Gasteiger partial charge on any atom is 0.307 e. The Kier molecular flexibility index (Phi) is 6.58. The Morgan fingerprint density at radius 3 is 2.46 bits per heavy atom. The first kappa shape index (κ1) is 18.2. The molecule has 0 heterocycles. The van der Waals surface area contributed by atoms with Gasteiger partial charge in [-0.2, -0.15) is 0 Å². The number of carbonyl (C=O) groups is 2. The van der Waals surface area contributed by atoms with Crippen LogP contribution in [-0.4, -0.2) is 18.4 Å². The van der Waals surface area contributed by atoms with Crippen LogP contribution >= 0.6 is 23.2 Å². The lowest BCUT2D eigenvalue weighted by atomic mass is 10.2. The fourth-order valence-corrected chi connectivity index (χ4v) is 2.22. The smallest absolute Gasteiger partial charge is 0.307 e. The Balaban J connectivity index is 1.75. The zero-order valence-corrected chi connectivity index (χ0v) is 14.0. The minimum Gasteiger partial charge on any atom is -0.461 e.